The van der Waals surface area contributed by atoms with Gasteiger partial charge in [-0.05, 0) is 63.7 Å². The number of aromatic nitrogens is 1. The minimum atomic E-state index is -3.74. The van der Waals surface area contributed by atoms with Crippen LogP contribution in [-0.2, 0) is 27.9 Å². The second-order valence-corrected chi connectivity index (χ2v) is 10.7. The van der Waals surface area contributed by atoms with Crippen LogP contribution < -0.4 is 5.32 Å². The number of hydrogen-bond acceptors (Lipinski definition) is 6. The summed E-state index contributed by atoms with van der Waals surface area (Å²) in [4.78, 5) is 15.5. The predicted octanol–water partition coefficient (Wildman–Crippen LogP) is 2.60. The van der Waals surface area contributed by atoms with Crippen LogP contribution in [-0.4, -0.2) is 54.9 Å². The Morgan fingerprint density at radius 3 is 2.53 bits per heavy atom. The van der Waals surface area contributed by atoms with Crippen LogP contribution in [0.5, 0.6) is 0 Å². The van der Waals surface area contributed by atoms with E-state index in [0.717, 1.165) is 25.2 Å². The highest BCUT2D eigenvalue weighted by Gasteiger charge is 2.36. The SMILES string of the molecule is Cc1noc(C)c1S(=O)(=O)N1CCCC(C(=O)NCc2ccccc2CN2CCCC2)C1. The molecule has 4 rings (SSSR count). The zero-order valence-electron chi connectivity index (χ0n) is 18.8. The number of sulfonamides is 1. The van der Waals surface area contributed by atoms with E-state index in [2.05, 4.69) is 27.5 Å². The van der Waals surface area contributed by atoms with E-state index in [1.54, 1.807) is 13.8 Å². The van der Waals surface area contributed by atoms with Gasteiger partial charge < -0.3 is 9.84 Å². The molecule has 1 N–H and O–H groups in total. The summed E-state index contributed by atoms with van der Waals surface area (Å²) < 4.78 is 32.7. The first kappa shape index (κ1) is 22.9. The zero-order chi connectivity index (χ0) is 22.7. The highest BCUT2D eigenvalue weighted by molar-refractivity contribution is 7.89. The van der Waals surface area contributed by atoms with Gasteiger partial charge in [0.05, 0.1) is 5.92 Å². The summed E-state index contributed by atoms with van der Waals surface area (Å²) in [6, 6.07) is 8.21. The molecule has 2 aliphatic rings. The van der Waals surface area contributed by atoms with Gasteiger partial charge in [-0.15, -0.1) is 0 Å². The molecular weight excluding hydrogens is 428 g/mol. The number of piperidine rings is 1. The molecule has 1 aromatic carbocycles. The van der Waals surface area contributed by atoms with Crippen molar-refractivity contribution in [2.45, 2.75) is 57.5 Å². The van der Waals surface area contributed by atoms with E-state index in [1.807, 2.05) is 12.1 Å². The van der Waals surface area contributed by atoms with Crippen molar-refractivity contribution in [2.24, 2.45) is 5.92 Å². The Morgan fingerprint density at radius 2 is 1.84 bits per heavy atom. The van der Waals surface area contributed by atoms with Gasteiger partial charge in [-0.1, -0.05) is 29.4 Å². The fraction of sp³-hybridized carbons (Fsp3) is 0.565. The van der Waals surface area contributed by atoms with E-state index in [9.17, 15) is 13.2 Å². The lowest BCUT2D eigenvalue weighted by Gasteiger charge is -2.31. The van der Waals surface area contributed by atoms with Gasteiger partial charge in [-0.3, -0.25) is 9.69 Å². The molecule has 1 atom stereocenters. The first-order chi connectivity index (χ1) is 15.4. The summed E-state index contributed by atoms with van der Waals surface area (Å²) in [6.07, 6.45) is 3.81. The molecule has 3 heterocycles. The monoisotopic (exact) mass is 460 g/mol. The molecule has 1 amide bonds. The van der Waals surface area contributed by atoms with Crippen molar-refractivity contribution in [1.29, 1.82) is 0 Å². The number of carbonyl (C=O) groups is 1. The van der Waals surface area contributed by atoms with Crippen molar-refractivity contribution in [1.82, 2.24) is 19.7 Å². The Kier molecular flexibility index (Phi) is 6.97. The Bertz CT molecular complexity index is 1040. The normalized spacial score (nSPS) is 20.5. The topological polar surface area (TPSA) is 95.8 Å². The summed E-state index contributed by atoms with van der Waals surface area (Å²) in [5.41, 5.74) is 2.70. The zero-order valence-corrected chi connectivity index (χ0v) is 19.7. The molecule has 0 bridgehead atoms. The number of carbonyl (C=O) groups excluding carboxylic acids is 1. The number of rotatable bonds is 7. The summed E-state index contributed by atoms with van der Waals surface area (Å²) in [7, 11) is -3.74. The standard InChI is InChI=1S/C23H32N4O4S/c1-17-22(18(2)31-25-17)32(29,30)27-13-7-10-21(16-27)23(28)24-14-19-8-3-4-9-20(19)15-26-11-5-6-12-26/h3-4,8-9,21H,5-7,10-16H2,1-2H3,(H,24,28). The van der Waals surface area contributed by atoms with Gasteiger partial charge in [0, 0.05) is 26.2 Å². The molecule has 174 valence electrons. The third-order valence-corrected chi connectivity index (χ3v) is 8.60. The van der Waals surface area contributed by atoms with Crippen molar-refractivity contribution in [3.63, 3.8) is 0 Å². The van der Waals surface area contributed by atoms with E-state index < -0.39 is 10.0 Å². The van der Waals surface area contributed by atoms with Gasteiger partial charge in [0.25, 0.3) is 0 Å². The lowest BCUT2D eigenvalue weighted by Crippen LogP contribution is -2.45. The average molecular weight is 461 g/mol. The summed E-state index contributed by atoms with van der Waals surface area (Å²) >= 11 is 0. The molecule has 32 heavy (non-hydrogen) atoms. The molecule has 1 unspecified atom stereocenters. The first-order valence-electron chi connectivity index (χ1n) is 11.4. The van der Waals surface area contributed by atoms with Crippen molar-refractivity contribution >= 4 is 15.9 Å². The number of aryl methyl sites for hydroxylation is 2. The molecule has 9 heteroatoms. The Balaban J connectivity index is 1.39. The highest BCUT2D eigenvalue weighted by Crippen LogP contribution is 2.28. The molecule has 2 aromatic rings. The van der Waals surface area contributed by atoms with Gasteiger partial charge >= 0.3 is 0 Å². The van der Waals surface area contributed by atoms with Crippen LogP contribution in [0.15, 0.2) is 33.7 Å². The second kappa shape index (κ2) is 9.72. The maximum atomic E-state index is 13.1. The first-order valence-corrected chi connectivity index (χ1v) is 12.8. The highest BCUT2D eigenvalue weighted by atomic mass is 32.2. The fourth-order valence-electron chi connectivity index (χ4n) is 4.74. The lowest BCUT2D eigenvalue weighted by atomic mass is 9.98. The van der Waals surface area contributed by atoms with E-state index >= 15 is 0 Å². The fourth-order valence-corrected chi connectivity index (χ4v) is 6.55. The predicted molar refractivity (Wildman–Crippen MR) is 120 cm³/mol. The van der Waals surface area contributed by atoms with E-state index in [-0.39, 0.29) is 29.0 Å². The number of likely N-dealkylation sites (tertiary alicyclic amines) is 1. The number of amides is 1. The molecule has 0 spiro atoms. The van der Waals surface area contributed by atoms with Gasteiger partial charge in [0.1, 0.15) is 10.6 Å². The molecule has 8 nitrogen and oxygen atoms in total. The summed E-state index contributed by atoms with van der Waals surface area (Å²) in [5.74, 6) is -0.187. The molecule has 0 aliphatic carbocycles. The molecule has 0 radical (unpaired) electrons. The molecule has 2 aliphatic heterocycles. The lowest BCUT2D eigenvalue weighted by molar-refractivity contribution is -0.126. The van der Waals surface area contributed by atoms with E-state index in [0.29, 0.717) is 31.6 Å². The number of benzene rings is 1. The van der Waals surface area contributed by atoms with Crippen LogP contribution in [0.4, 0.5) is 0 Å². The van der Waals surface area contributed by atoms with Crippen LogP contribution in [0.1, 0.15) is 48.3 Å². The van der Waals surface area contributed by atoms with Gasteiger partial charge in [0.15, 0.2) is 5.76 Å². The molecule has 2 fully saturated rings. The minimum absolute atomic E-state index is 0.0976. The Morgan fingerprint density at radius 1 is 1.12 bits per heavy atom. The smallest absolute Gasteiger partial charge is 0.248 e. The van der Waals surface area contributed by atoms with Crippen LogP contribution in [0, 0.1) is 19.8 Å². The van der Waals surface area contributed by atoms with Crippen molar-refractivity contribution < 1.29 is 17.7 Å². The Hall–Kier alpha value is -2.23. The van der Waals surface area contributed by atoms with Crippen molar-refractivity contribution in [2.75, 3.05) is 26.2 Å². The van der Waals surface area contributed by atoms with Crippen molar-refractivity contribution in [3.8, 4) is 0 Å². The van der Waals surface area contributed by atoms with Crippen LogP contribution in [0.25, 0.3) is 0 Å². The summed E-state index contributed by atoms with van der Waals surface area (Å²) in [6.45, 7) is 7.39. The van der Waals surface area contributed by atoms with Gasteiger partial charge in [0.2, 0.25) is 15.9 Å². The van der Waals surface area contributed by atoms with E-state index in [4.69, 9.17) is 4.52 Å². The second-order valence-electron chi connectivity index (χ2n) is 8.83. The van der Waals surface area contributed by atoms with Crippen molar-refractivity contribution in [3.05, 3.63) is 46.8 Å². The van der Waals surface area contributed by atoms with Crippen LogP contribution in [0.2, 0.25) is 0 Å². The third kappa shape index (κ3) is 4.89. The number of nitrogens with zero attached hydrogens (tertiary/aromatic N) is 3. The van der Waals surface area contributed by atoms with E-state index in [1.165, 1.54) is 22.7 Å². The minimum Gasteiger partial charge on any atom is -0.360 e. The number of hydrogen-bond donors (Lipinski definition) is 1. The Labute approximate surface area is 190 Å². The average Bonchev–Trinajstić information content (AvgIpc) is 3.42. The van der Waals surface area contributed by atoms with Crippen LogP contribution in [0.3, 0.4) is 0 Å². The quantitative estimate of drug-likeness (QED) is 0.682. The maximum absolute atomic E-state index is 13.1. The molecule has 1 aromatic heterocycles. The van der Waals surface area contributed by atoms with Gasteiger partial charge in [-0.2, -0.15) is 4.31 Å². The number of nitrogens with one attached hydrogen (secondary N) is 1. The van der Waals surface area contributed by atoms with Gasteiger partial charge in [-0.25, -0.2) is 8.42 Å². The molecular formula is C23H32N4O4S. The molecule has 2 saturated heterocycles. The van der Waals surface area contributed by atoms with Crippen LogP contribution >= 0.6 is 0 Å². The molecule has 0 saturated carbocycles. The summed E-state index contributed by atoms with van der Waals surface area (Å²) in [5, 5.41) is 6.83. The third-order valence-electron chi connectivity index (χ3n) is 6.48. The maximum Gasteiger partial charge on any atom is 0.248 e. The largest absolute Gasteiger partial charge is 0.360 e.